The van der Waals surface area contributed by atoms with Gasteiger partial charge in [0, 0.05) is 29.4 Å². The fourth-order valence-electron chi connectivity index (χ4n) is 5.54. The summed E-state index contributed by atoms with van der Waals surface area (Å²) in [7, 11) is 1.52. The van der Waals surface area contributed by atoms with Crippen molar-refractivity contribution in [1.29, 1.82) is 0 Å². The van der Waals surface area contributed by atoms with Crippen LogP contribution in [0.4, 0.5) is 5.69 Å². The van der Waals surface area contributed by atoms with Crippen molar-refractivity contribution in [3.63, 3.8) is 0 Å². The number of amides is 3. The molecule has 3 amide bonds. The van der Waals surface area contributed by atoms with Crippen molar-refractivity contribution in [1.82, 2.24) is 10.2 Å². The van der Waals surface area contributed by atoms with Crippen LogP contribution in [0.2, 0.25) is 5.02 Å². The molecule has 0 bridgehead atoms. The van der Waals surface area contributed by atoms with Gasteiger partial charge in [0.2, 0.25) is 11.8 Å². The molecule has 32 heavy (non-hydrogen) atoms. The number of imide groups is 1. The van der Waals surface area contributed by atoms with Crippen molar-refractivity contribution in [2.24, 2.45) is 11.8 Å². The molecular formula is C24H24ClN3O3S. The van der Waals surface area contributed by atoms with Crippen LogP contribution >= 0.6 is 23.4 Å². The Kier molecular flexibility index (Phi) is 5.31. The van der Waals surface area contributed by atoms with Crippen molar-refractivity contribution < 1.29 is 14.4 Å². The zero-order chi connectivity index (χ0) is 22.6. The lowest BCUT2D eigenvalue weighted by Gasteiger charge is -2.30. The summed E-state index contributed by atoms with van der Waals surface area (Å²) >= 11 is 8.09. The summed E-state index contributed by atoms with van der Waals surface area (Å²) in [4.78, 5) is 43.4. The van der Waals surface area contributed by atoms with Crippen molar-refractivity contribution in [3.05, 3.63) is 64.7 Å². The first-order valence-corrected chi connectivity index (χ1v) is 12.4. The fourth-order valence-corrected chi connectivity index (χ4v) is 6.22. The van der Waals surface area contributed by atoms with Crippen LogP contribution in [0.5, 0.6) is 0 Å². The van der Waals surface area contributed by atoms with Crippen LogP contribution in [0.3, 0.4) is 0 Å². The first-order valence-electron chi connectivity index (χ1n) is 10.6. The lowest BCUT2D eigenvalue weighted by molar-refractivity contribution is -0.141. The minimum absolute atomic E-state index is 0.197. The Labute approximate surface area is 196 Å². The molecule has 1 spiro atoms. The predicted octanol–water partition coefficient (Wildman–Crippen LogP) is 3.04. The number of halogens is 1. The minimum Gasteiger partial charge on any atom is -0.306 e. The standard InChI is InChI=1S/C24H24ClN3O3S/c1-27-21(29)19-17(11-12-32-2)26-24(20(19)22(27)30)15-8-4-6-10-18(15)28(23(24)31)13-14-7-3-5-9-16(14)25/h3-10,17,19-20,26H,11-13H2,1-2H3/t17-,19-,20+,24-/m1/s1. The minimum atomic E-state index is -1.25. The average Bonchev–Trinajstić information content (AvgIpc) is 3.34. The molecule has 0 unspecified atom stereocenters. The van der Waals surface area contributed by atoms with E-state index in [1.807, 2.05) is 48.7 Å². The van der Waals surface area contributed by atoms with Gasteiger partial charge in [0.05, 0.1) is 18.4 Å². The molecule has 8 heteroatoms. The van der Waals surface area contributed by atoms with Crippen LogP contribution in [0, 0.1) is 11.8 Å². The van der Waals surface area contributed by atoms with Gasteiger partial charge in [0.1, 0.15) is 5.54 Å². The van der Waals surface area contributed by atoms with Crippen LogP contribution in [-0.4, -0.2) is 47.7 Å². The van der Waals surface area contributed by atoms with Crippen LogP contribution in [-0.2, 0) is 26.5 Å². The highest BCUT2D eigenvalue weighted by atomic mass is 35.5. The third kappa shape index (κ3) is 2.87. The summed E-state index contributed by atoms with van der Waals surface area (Å²) < 4.78 is 0. The summed E-state index contributed by atoms with van der Waals surface area (Å²) in [6, 6.07) is 14.8. The highest BCUT2D eigenvalue weighted by Gasteiger charge is 2.70. The number of likely N-dealkylation sites (tertiary alicyclic amines) is 1. The maximum absolute atomic E-state index is 14.2. The number of carbonyl (C=O) groups excluding carboxylic acids is 3. The molecule has 0 aromatic heterocycles. The highest BCUT2D eigenvalue weighted by Crippen LogP contribution is 2.55. The molecule has 2 saturated heterocycles. The second-order valence-electron chi connectivity index (χ2n) is 8.58. The number of hydrogen-bond acceptors (Lipinski definition) is 5. The molecule has 1 N–H and O–H groups in total. The summed E-state index contributed by atoms with van der Waals surface area (Å²) in [6.07, 6.45) is 2.72. The van der Waals surface area contributed by atoms with Crippen LogP contribution < -0.4 is 10.2 Å². The van der Waals surface area contributed by atoms with Crippen molar-refractivity contribution in [3.8, 4) is 0 Å². The van der Waals surface area contributed by atoms with E-state index < -0.39 is 17.4 Å². The van der Waals surface area contributed by atoms with E-state index in [9.17, 15) is 14.4 Å². The molecule has 3 aliphatic heterocycles. The number of thioether (sulfide) groups is 1. The molecule has 0 aliphatic carbocycles. The molecule has 6 nitrogen and oxygen atoms in total. The summed E-state index contributed by atoms with van der Waals surface area (Å²) in [5.41, 5.74) is 1.09. The van der Waals surface area contributed by atoms with Gasteiger partial charge >= 0.3 is 0 Å². The maximum atomic E-state index is 14.2. The molecule has 166 valence electrons. The molecule has 0 saturated carbocycles. The zero-order valence-electron chi connectivity index (χ0n) is 17.9. The van der Waals surface area contributed by atoms with E-state index in [0.29, 0.717) is 18.0 Å². The number of anilines is 1. The number of carbonyl (C=O) groups is 3. The Morgan fingerprint density at radius 2 is 1.78 bits per heavy atom. The highest BCUT2D eigenvalue weighted by molar-refractivity contribution is 7.98. The summed E-state index contributed by atoms with van der Waals surface area (Å²) in [5.74, 6) is -1.15. The Morgan fingerprint density at radius 1 is 1.06 bits per heavy atom. The predicted molar refractivity (Wildman–Crippen MR) is 125 cm³/mol. The van der Waals surface area contributed by atoms with Gasteiger partial charge in [-0.1, -0.05) is 48.0 Å². The number of benzene rings is 2. The number of para-hydroxylation sites is 1. The van der Waals surface area contributed by atoms with Crippen LogP contribution in [0.1, 0.15) is 17.5 Å². The van der Waals surface area contributed by atoms with Gasteiger partial charge in [0.25, 0.3) is 5.91 Å². The molecule has 5 rings (SSSR count). The quantitative estimate of drug-likeness (QED) is 0.681. The first-order chi connectivity index (χ1) is 15.4. The molecule has 2 fully saturated rings. The molecular weight excluding hydrogens is 446 g/mol. The van der Waals surface area contributed by atoms with Crippen molar-refractivity contribution >= 4 is 46.8 Å². The molecule has 0 radical (unpaired) electrons. The summed E-state index contributed by atoms with van der Waals surface area (Å²) in [5, 5.41) is 4.10. The maximum Gasteiger partial charge on any atom is 0.253 e. The number of fused-ring (bicyclic) bond motifs is 4. The number of nitrogens with zero attached hydrogens (tertiary/aromatic N) is 2. The second-order valence-corrected chi connectivity index (χ2v) is 9.97. The molecule has 2 aromatic carbocycles. The topological polar surface area (TPSA) is 69.7 Å². The van der Waals surface area contributed by atoms with Gasteiger partial charge in [-0.25, -0.2) is 0 Å². The average molecular weight is 470 g/mol. The lowest BCUT2D eigenvalue weighted by atomic mass is 9.76. The van der Waals surface area contributed by atoms with Crippen molar-refractivity contribution in [2.45, 2.75) is 24.5 Å². The van der Waals surface area contributed by atoms with E-state index in [1.54, 1.807) is 22.7 Å². The third-order valence-corrected chi connectivity index (χ3v) is 8.02. The normalized spacial score (nSPS) is 28.7. The Morgan fingerprint density at radius 3 is 2.53 bits per heavy atom. The van der Waals surface area contributed by atoms with Gasteiger partial charge < -0.3 is 4.90 Å². The van der Waals surface area contributed by atoms with Crippen LogP contribution in [0.25, 0.3) is 0 Å². The summed E-state index contributed by atoms with van der Waals surface area (Å²) in [6.45, 7) is 0.295. The first kappa shape index (κ1) is 21.5. The number of hydrogen-bond donors (Lipinski definition) is 1. The Balaban J connectivity index is 1.63. The van der Waals surface area contributed by atoms with Gasteiger partial charge in [0.15, 0.2) is 0 Å². The molecule has 3 heterocycles. The molecule has 4 atom stereocenters. The van der Waals surface area contributed by atoms with E-state index in [4.69, 9.17) is 11.6 Å². The molecule has 2 aromatic rings. The second kappa shape index (κ2) is 7.90. The fraction of sp³-hybridized carbons (Fsp3) is 0.375. The van der Waals surface area contributed by atoms with Crippen LogP contribution in [0.15, 0.2) is 48.5 Å². The Hall–Kier alpha value is -2.35. The Bertz CT molecular complexity index is 1130. The third-order valence-electron chi connectivity index (χ3n) is 7.01. The number of rotatable bonds is 5. The largest absolute Gasteiger partial charge is 0.306 e. The van der Waals surface area contributed by atoms with Gasteiger partial charge in [-0.2, -0.15) is 11.8 Å². The molecule has 3 aliphatic rings. The van der Waals surface area contributed by atoms with Crippen molar-refractivity contribution in [2.75, 3.05) is 24.0 Å². The van der Waals surface area contributed by atoms with E-state index in [0.717, 1.165) is 22.6 Å². The SMILES string of the molecule is CSCC[C@H]1N[C@@]2(C(=O)N(Cc3ccccc3Cl)c3ccccc32)[C@@H]2C(=O)N(C)C(=O)[C@@H]21. The monoisotopic (exact) mass is 469 g/mol. The smallest absolute Gasteiger partial charge is 0.253 e. The van der Waals surface area contributed by atoms with E-state index in [2.05, 4.69) is 5.32 Å². The number of nitrogens with one attached hydrogen (secondary N) is 1. The van der Waals surface area contributed by atoms with Gasteiger partial charge in [-0.15, -0.1) is 0 Å². The van der Waals surface area contributed by atoms with Gasteiger partial charge in [-0.3, -0.25) is 24.6 Å². The van der Waals surface area contributed by atoms with Gasteiger partial charge in [-0.05, 0) is 36.1 Å². The lowest BCUT2D eigenvalue weighted by Crippen LogP contribution is -2.54. The van der Waals surface area contributed by atoms with E-state index >= 15 is 0 Å². The van der Waals surface area contributed by atoms with E-state index in [-0.39, 0.29) is 23.8 Å². The van der Waals surface area contributed by atoms with E-state index in [1.165, 1.54) is 11.9 Å². The zero-order valence-corrected chi connectivity index (χ0v) is 19.4.